The Morgan fingerprint density at radius 2 is 2.22 bits per heavy atom. The smallest absolute Gasteiger partial charge is 0.129 e. The van der Waals surface area contributed by atoms with Gasteiger partial charge >= 0.3 is 0 Å². The second-order valence-electron chi connectivity index (χ2n) is 5.05. The molecule has 4 heteroatoms. The van der Waals surface area contributed by atoms with Crippen LogP contribution in [0.25, 0.3) is 0 Å². The number of nitrogens with zero attached hydrogens (tertiary/aromatic N) is 2. The minimum Gasteiger partial charge on any atom is -0.384 e. The molecule has 1 heterocycles. The van der Waals surface area contributed by atoms with Crippen molar-refractivity contribution in [1.29, 1.82) is 5.41 Å². The molecule has 1 aliphatic carbocycles. The summed E-state index contributed by atoms with van der Waals surface area (Å²) >= 11 is 0. The molecular formula is C14H22N4. The molecule has 98 valence electrons. The first kappa shape index (κ1) is 12.9. The van der Waals surface area contributed by atoms with E-state index >= 15 is 0 Å². The summed E-state index contributed by atoms with van der Waals surface area (Å²) in [6.07, 6.45) is 4.89. The molecular weight excluding hydrogens is 224 g/mol. The molecule has 0 atom stereocenters. The van der Waals surface area contributed by atoms with Crippen LogP contribution >= 0.6 is 0 Å². The summed E-state index contributed by atoms with van der Waals surface area (Å²) in [5.41, 5.74) is 7.29. The second kappa shape index (κ2) is 5.38. The SMILES string of the molecule is CCCCN(c1cc(C(=N)N)cc(C)n1)C1CC1. The van der Waals surface area contributed by atoms with Crippen molar-refractivity contribution in [3.05, 3.63) is 23.4 Å². The number of pyridine rings is 1. The van der Waals surface area contributed by atoms with Crippen LogP contribution in [0.5, 0.6) is 0 Å². The van der Waals surface area contributed by atoms with Crippen molar-refractivity contribution < 1.29 is 0 Å². The molecule has 0 saturated heterocycles. The zero-order valence-electron chi connectivity index (χ0n) is 11.2. The number of unbranched alkanes of at least 4 members (excludes halogenated alkanes) is 1. The van der Waals surface area contributed by atoms with Gasteiger partial charge in [-0.2, -0.15) is 0 Å². The van der Waals surface area contributed by atoms with Crippen molar-refractivity contribution in [2.75, 3.05) is 11.4 Å². The Labute approximate surface area is 109 Å². The van der Waals surface area contributed by atoms with Crippen molar-refractivity contribution in [3.8, 4) is 0 Å². The Balaban J connectivity index is 2.25. The molecule has 0 amide bonds. The van der Waals surface area contributed by atoms with E-state index in [0.29, 0.717) is 6.04 Å². The predicted octanol–water partition coefficient (Wildman–Crippen LogP) is 2.44. The molecule has 1 aliphatic rings. The van der Waals surface area contributed by atoms with Crippen LogP contribution in [0.2, 0.25) is 0 Å². The summed E-state index contributed by atoms with van der Waals surface area (Å²) < 4.78 is 0. The number of amidine groups is 1. The monoisotopic (exact) mass is 246 g/mol. The van der Waals surface area contributed by atoms with Gasteiger partial charge in [0.15, 0.2) is 0 Å². The van der Waals surface area contributed by atoms with Gasteiger partial charge in [0, 0.05) is 23.8 Å². The molecule has 1 saturated carbocycles. The summed E-state index contributed by atoms with van der Waals surface area (Å²) in [6.45, 7) is 5.21. The minimum absolute atomic E-state index is 0.119. The molecule has 0 aliphatic heterocycles. The molecule has 0 bridgehead atoms. The van der Waals surface area contributed by atoms with E-state index in [4.69, 9.17) is 11.1 Å². The first-order valence-corrected chi connectivity index (χ1v) is 6.71. The fraction of sp³-hybridized carbons (Fsp3) is 0.571. The van der Waals surface area contributed by atoms with E-state index in [1.807, 2.05) is 19.1 Å². The molecule has 2 rings (SSSR count). The highest BCUT2D eigenvalue weighted by Crippen LogP contribution is 2.31. The van der Waals surface area contributed by atoms with Gasteiger partial charge in [-0.3, -0.25) is 5.41 Å². The number of rotatable bonds is 6. The van der Waals surface area contributed by atoms with Crippen molar-refractivity contribution in [2.24, 2.45) is 5.73 Å². The highest BCUT2D eigenvalue weighted by atomic mass is 15.2. The summed E-state index contributed by atoms with van der Waals surface area (Å²) in [4.78, 5) is 6.98. The van der Waals surface area contributed by atoms with Crippen LogP contribution in [0.1, 0.15) is 43.9 Å². The lowest BCUT2D eigenvalue weighted by molar-refractivity contribution is 0.703. The zero-order chi connectivity index (χ0) is 13.1. The van der Waals surface area contributed by atoms with Gasteiger partial charge in [-0.1, -0.05) is 13.3 Å². The van der Waals surface area contributed by atoms with Crippen LogP contribution in [0, 0.1) is 12.3 Å². The Hall–Kier alpha value is -1.58. The Bertz CT molecular complexity index is 437. The maximum atomic E-state index is 7.56. The van der Waals surface area contributed by atoms with Crippen LogP contribution in [0.3, 0.4) is 0 Å². The van der Waals surface area contributed by atoms with E-state index in [0.717, 1.165) is 23.6 Å². The van der Waals surface area contributed by atoms with E-state index in [9.17, 15) is 0 Å². The van der Waals surface area contributed by atoms with Crippen LogP contribution in [-0.4, -0.2) is 23.4 Å². The van der Waals surface area contributed by atoms with Crippen molar-refractivity contribution in [2.45, 2.75) is 45.6 Å². The van der Waals surface area contributed by atoms with E-state index in [1.165, 1.54) is 25.7 Å². The third kappa shape index (κ3) is 3.00. The number of nitrogens with two attached hydrogens (primary N) is 1. The highest BCUT2D eigenvalue weighted by Gasteiger charge is 2.29. The quantitative estimate of drug-likeness (QED) is 0.598. The highest BCUT2D eigenvalue weighted by molar-refractivity contribution is 5.95. The molecule has 1 aromatic heterocycles. The van der Waals surface area contributed by atoms with Gasteiger partial charge in [0.1, 0.15) is 11.7 Å². The van der Waals surface area contributed by atoms with E-state index in [1.54, 1.807) is 0 Å². The average Bonchev–Trinajstić information content (AvgIpc) is 3.13. The number of nitrogen functional groups attached to an aromatic ring is 1. The molecule has 0 aromatic carbocycles. The lowest BCUT2D eigenvalue weighted by Crippen LogP contribution is -2.28. The molecule has 0 unspecified atom stereocenters. The van der Waals surface area contributed by atoms with Gasteiger partial charge in [-0.05, 0) is 38.3 Å². The fourth-order valence-corrected chi connectivity index (χ4v) is 2.15. The second-order valence-corrected chi connectivity index (χ2v) is 5.05. The van der Waals surface area contributed by atoms with Crippen LogP contribution in [0.15, 0.2) is 12.1 Å². The first-order valence-electron chi connectivity index (χ1n) is 6.71. The van der Waals surface area contributed by atoms with E-state index < -0.39 is 0 Å². The maximum absolute atomic E-state index is 7.56. The molecule has 1 fully saturated rings. The first-order chi connectivity index (χ1) is 8.61. The predicted molar refractivity (Wildman–Crippen MR) is 75.3 cm³/mol. The van der Waals surface area contributed by atoms with Crippen LogP contribution in [0.4, 0.5) is 5.82 Å². The summed E-state index contributed by atoms with van der Waals surface area (Å²) in [5.74, 6) is 1.10. The van der Waals surface area contributed by atoms with Crippen molar-refractivity contribution in [3.63, 3.8) is 0 Å². The van der Waals surface area contributed by atoms with Gasteiger partial charge < -0.3 is 10.6 Å². The third-order valence-electron chi connectivity index (χ3n) is 3.29. The van der Waals surface area contributed by atoms with E-state index in [-0.39, 0.29) is 5.84 Å². The Morgan fingerprint density at radius 1 is 1.50 bits per heavy atom. The Morgan fingerprint density at radius 3 is 2.78 bits per heavy atom. The van der Waals surface area contributed by atoms with Crippen LogP contribution < -0.4 is 10.6 Å². The standard InChI is InChI=1S/C14H22N4/c1-3-4-7-18(12-5-6-12)13-9-11(14(15)16)8-10(2)17-13/h8-9,12H,3-7H2,1-2H3,(H3,15,16). The summed E-state index contributed by atoms with van der Waals surface area (Å²) in [5, 5.41) is 7.56. The number of hydrogen-bond acceptors (Lipinski definition) is 3. The lowest BCUT2D eigenvalue weighted by atomic mass is 10.2. The molecule has 0 spiro atoms. The summed E-state index contributed by atoms with van der Waals surface area (Å²) in [7, 11) is 0. The molecule has 3 N–H and O–H groups in total. The number of aryl methyl sites for hydroxylation is 1. The van der Waals surface area contributed by atoms with Crippen molar-refractivity contribution >= 4 is 11.7 Å². The van der Waals surface area contributed by atoms with Gasteiger partial charge in [0.25, 0.3) is 0 Å². The minimum atomic E-state index is 0.119. The lowest BCUT2D eigenvalue weighted by Gasteiger charge is -2.24. The number of nitrogens with one attached hydrogen (secondary N) is 1. The molecule has 1 aromatic rings. The molecule has 0 radical (unpaired) electrons. The average molecular weight is 246 g/mol. The normalized spacial score (nSPS) is 14.6. The third-order valence-corrected chi connectivity index (χ3v) is 3.29. The van der Waals surface area contributed by atoms with Gasteiger partial charge in [0.05, 0.1) is 0 Å². The number of aromatic nitrogens is 1. The van der Waals surface area contributed by atoms with Gasteiger partial charge in [0.2, 0.25) is 0 Å². The van der Waals surface area contributed by atoms with Crippen LogP contribution in [-0.2, 0) is 0 Å². The fourth-order valence-electron chi connectivity index (χ4n) is 2.15. The number of hydrogen-bond donors (Lipinski definition) is 2. The Kier molecular flexibility index (Phi) is 3.84. The zero-order valence-corrected chi connectivity index (χ0v) is 11.2. The molecule has 4 nitrogen and oxygen atoms in total. The summed E-state index contributed by atoms with van der Waals surface area (Å²) in [6, 6.07) is 4.46. The van der Waals surface area contributed by atoms with E-state index in [2.05, 4.69) is 16.8 Å². The van der Waals surface area contributed by atoms with Gasteiger partial charge in [-0.25, -0.2) is 4.98 Å². The van der Waals surface area contributed by atoms with Crippen molar-refractivity contribution in [1.82, 2.24) is 4.98 Å². The number of anilines is 1. The topological polar surface area (TPSA) is 66.0 Å². The maximum Gasteiger partial charge on any atom is 0.129 e. The largest absolute Gasteiger partial charge is 0.384 e. The van der Waals surface area contributed by atoms with Gasteiger partial charge in [-0.15, -0.1) is 0 Å². The molecule has 18 heavy (non-hydrogen) atoms.